The number of nitrogens with one attached hydrogen (secondary N) is 2. The van der Waals surface area contributed by atoms with Crippen LogP contribution in [0.3, 0.4) is 0 Å². The first-order valence-electron chi connectivity index (χ1n) is 8.56. The van der Waals surface area contributed by atoms with Gasteiger partial charge in [0.15, 0.2) is 11.6 Å². The molecule has 0 aliphatic rings. The number of Topliss-reactive ketones (excluding diaryl/α,β-unsaturated/α-hetero) is 3. The molecule has 6 nitrogen and oxygen atoms in total. The van der Waals surface area contributed by atoms with Crippen LogP contribution < -0.4 is 10.6 Å². The van der Waals surface area contributed by atoms with Crippen molar-refractivity contribution in [3.8, 4) is 0 Å². The normalized spacial score (nSPS) is 11.7. The van der Waals surface area contributed by atoms with Gasteiger partial charge in [0.2, 0.25) is 5.91 Å². The lowest BCUT2D eigenvalue weighted by molar-refractivity contribution is -0.132. The van der Waals surface area contributed by atoms with E-state index in [1.54, 1.807) is 20.9 Å². The zero-order chi connectivity index (χ0) is 19.7. The van der Waals surface area contributed by atoms with Gasteiger partial charge in [-0.1, -0.05) is 27.2 Å². The molecule has 0 aliphatic carbocycles. The van der Waals surface area contributed by atoms with Crippen molar-refractivity contribution in [1.82, 2.24) is 10.6 Å². The summed E-state index contributed by atoms with van der Waals surface area (Å²) in [5.74, 6) is -0.413. The summed E-state index contributed by atoms with van der Waals surface area (Å²) < 4.78 is 0. The molecule has 24 heavy (non-hydrogen) atoms. The Morgan fingerprint density at radius 2 is 1.29 bits per heavy atom. The van der Waals surface area contributed by atoms with E-state index in [9.17, 15) is 19.2 Å². The van der Waals surface area contributed by atoms with Crippen LogP contribution in [-0.4, -0.2) is 42.4 Å². The Labute approximate surface area is 147 Å². The van der Waals surface area contributed by atoms with E-state index in [-0.39, 0.29) is 29.8 Å². The first kappa shape index (κ1) is 27.3. The number of amides is 1. The lowest BCUT2D eigenvalue weighted by Crippen LogP contribution is -2.41. The summed E-state index contributed by atoms with van der Waals surface area (Å²) in [4.78, 5) is 43.8. The number of ketones is 3. The van der Waals surface area contributed by atoms with Crippen LogP contribution in [0, 0.1) is 0 Å². The summed E-state index contributed by atoms with van der Waals surface area (Å²) in [7, 11) is 1.66. The third kappa shape index (κ3) is 20.4. The van der Waals surface area contributed by atoms with Crippen molar-refractivity contribution in [3.63, 3.8) is 0 Å². The second-order valence-electron chi connectivity index (χ2n) is 5.77. The maximum Gasteiger partial charge on any atom is 0.228 e. The minimum absolute atomic E-state index is 0.00466. The van der Waals surface area contributed by atoms with Crippen molar-refractivity contribution in [1.29, 1.82) is 0 Å². The van der Waals surface area contributed by atoms with Crippen LogP contribution in [0.4, 0.5) is 0 Å². The maximum absolute atomic E-state index is 11.5. The lowest BCUT2D eigenvalue weighted by atomic mass is 10.1. The molecule has 0 radical (unpaired) electrons. The van der Waals surface area contributed by atoms with Crippen molar-refractivity contribution >= 4 is 23.3 Å². The van der Waals surface area contributed by atoms with Crippen LogP contribution in [0.15, 0.2) is 0 Å². The number of carbonyl (C=O) groups excluding carboxylic acids is 4. The molecule has 0 heterocycles. The third-order valence-corrected chi connectivity index (χ3v) is 2.61. The first-order valence-corrected chi connectivity index (χ1v) is 8.56. The van der Waals surface area contributed by atoms with E-state index in [2.05, 4.69) is 24.5 Å². The summed E-state index contributed by atoms with van der Waals surface area (Å²) in [5, 5.41) is 5.31. The molecule has 0 spiro atoms. The van der Waals surface area contributed by atoms with E-state index in [1.165, 1.54) is 20.3 Å². The average molecular weight is 344 g/mol. The molecule has 1 amide bonds. The lowest BCUT2D eigenvalue weighted by Gasteiger charge is -2.13. The Kier molecular flexibility index (Phi) is 20.2. The smallest absolute Gasteiger partial charge is 0.228 e. The number of hydrogen-bond acceptors (Lipinski definition) is 5. The van der Waals surface area contributed by atoms with Crippen molar-refractivity contribution in [2.45, 2.75) is 86.2 Å². The van der Waals surface area contributed by atoms with Crippen LogP contribution in [0.25, 0.3) is 0 Å². The minimum Gasteiger partial charge on any atom is -0.346 e. The summed E-state index contributed by atoms with van der Waals surface area (Å²) in [5.41, 5.74) is 0. The zero-order valence-electron chi connectivity index (χ0n) is 16.6. The Morgan fingerprint density at radius 3 is 1.62 bits per heavy atom. The van der Waals surface area contributed by atoms with Gasteiger partial charge in [-0.2, -0.15) is 0 Å². The number of rotatable bonds is 8. The molecule has 6 heteroatoms. The summed E-state index contributed by atoms with van der Waals surface area (Å²) >= 11 is 0. The number of likely N-dealkylation sites (N-methyl/N-ethyl adjacent to an activating group) is 1. The van der Waals surface area contributed by atoms with Gasteiger partial charge in [0, 0.05) is 6.42 Å². The van der Waals surface area contributed by atoms with Crippen LogP contribution in [0.5, 0.6) is 0 Å². The van der Waals surface area contributed by atoms with E-state index in [1.807, 2.05) is 6.92 Å². The van der Waals surface area contributed by atoms with Crippen molar-refractivity contribution in [2.75, 3.05) is 7.05 Å². The molecule has 0 fully saturated rings. The fourth-order valence-electron chi connectivity index (χ4n) is 1.31. The Balaban J connectivity index is -0.000000531. The van der Waals surface area contributed by atoms with Gasteiger partial charge < -0.3 is 15.4 Å². The molecule has 0 saturated heterocycles. The van der Waals surface area contributed by atoms with Gasteiger partial charge in [-0.05, 0) is 41.2 Å². The van der Waals surface area contributed by atoms with E-state index in [0.717, 1.165) is 6.42 Å². The van der Waals surface area contributed by atoms with Crippen LogP contribution in [0.1, 0.15) is 74.1 Å². The molecule has 2 atom stereocenters. The second kappa shape index (κ2) is 17.8. The molecule has 2 unspecified atom stereocenters. The molecule has 0 aromatic rings. The highest BCUT2D eigenvalue weighted by Crippen LogP contribution is 1.97. The highest BCUT2D eigenvalue weighted by molar-refractivity contribution is 6.01. The fourth-order valence-corrected chi connectivity index (χ4v) is 1.31. The van der Waals surface area contributed by atoms with Crippen molar-refractivity contribution in [3.05, 3.63) is 0 Å². The Bertz CT molecular complexity index is 377. The second-order valence-corrected chi connectivity index (χ2v) is 5.77. The predicted octanol–water partition coefficient (Wildman–Crippen LogP) is 2.44. The average Bonchev–Trinajstić information content (AvgIpc) is 2.46. The Morgan fingerprint density at radius 1 is 0.875 bits per heavy atom. The largest absolute Gasteiger partial charge is 0.346 e. The fraction of sp³-hybridized carbons (Fsp3) is 0.778. The molecule has 0 aromatic carbocycles. The topological polar surface area (TPSA) is 92.3 Å². The van der Waals surface area contributed by atoms with Gasteiger partial charge >= 0.3 is 0 Å². The molecule has 0 aliphatic heterocycles. The summed E-state index contributed by atoms with van der Waals surface area (Å²) in [6.45, 7) is 12.5. The maximum atomic E-state index is 11.5. The van der Waals surface area contributed by atoms with Gasteiger partial charge in [0.25, 0.3) is 0 Å². The van der Waals surface area contributed by atoms with E-state index in [4.69, 9.17) is 0 Å². The molecular formula is C18H36N2O4. The first-order chi connectivity index (χ1) is 11.1. The molecule has 0 bridgehead atoms. The van der Waals surface area contributed by atoms with Gasteiger partial charge in [0.1, 0.15) is 5.78 Å². The molecule has 2 N–H and O–H groups in total. The van der Waals surface area contributed by atoms with Gasteiger partial charge in [-0.3, -0.25) is 14.4 Å². The quantitative estimate of drug-likeness (QED) is 0.660. The van der Waals surface area contributed by atoms with Gasteiger partial charge in [-0.15, -0.1) is 0 Å². The molecule has 142 valence electrons. The van der Waals surface area contributed by atoms with E-state index >= 15 is 0 Å². The highest BCUT2D eigenvalue weighted by atomic mass is 16.2. The van der Waals surface area contributed by atoms with Crippen molar-refractivity contribution < 1.29 is 19.2 Å². The predicted molar refractivity (Wildman–Crippen MR) is 98.0 cm³/mol. The zero-order valence-corrected chi connectivity index (χ0v) is 16.6. The summed E-state index contributed by atoms with van der Waals surface area (Å²) in [6.07, 6.45) is 2.27. The molecule has 0 aromatic heterocycles. The SMILES string of the molecule is CC(C)=O.CCC.CCCC(=O)C(C)NC(=O)CC(=O)C(C)NC. The third-order valence-electron chi connectivity index (χ3n) is 2.61. The van der Waals surface area contributed by atoms with Gasteiger partial charge in [-0.25, -0.2) is 0 Å². The highest BCUT2D eigenvalue weighted by Gasteiger charge is 2.18. The number of carbonyl (C=O) groups is 4. The van der Waals surface area contributed by atoms with Crippen LogP contribution >= 0.6 is 0 Å². The van der Waals surface area contributed by atoms with Crippen molar-refractivity contribution in [2.24, 2.45) is 0 Å². The van der Waals surface area contributed by atoms with E-state index < -0.39 is 11.9 Å². The van der Waals surface area contributed by atoms with E-state index in [0.29, 0.717) is 6.42 Å². The molecular weight excluding hydrogens is 308 g/mol. The standard InChI is InChI=1S/C12H22N2O3.C3H6O.C3H8/c1-5-6-10(15)9(3)14-12(17)7-11(16)8(2)13-4;1-3(2)4;1-3-2/h8-9,13H,5-7H2,1-4H3,(H,14,17);1-2H3;3H2,1-2H3. The minimum atomic E-state index is -0.514. The monoisotopic (exact) mass is 344 g/mol. The summed E-state index contributed by atoms with van der Waals surface area (Å²) in [6, 6.07) is -0.859. The molecule has 0 rings (SSSR count). The number of hydrogen-bond donors (Lipinski definition) is 2. The Hall–Kier alpha value is -1.56. The van der Waals surface area contributed by atoms with Gasteiger partial charge in [0.05, 0.1) is 18.5 Å². The molecule has 0 saturated carbocycles. The van der Waals surface area contributed by atoms with Crippen LogP contribution in [-0.2, 0) is 19.2 Å². The van der Waals surface area contributed by atoms with Crippen LogP contribution in [0.2, 0.25) is 0 Å².